The predicted molar refractivity (Wildman–Crippen MR) is 111 cm³/mol. The first-order chi connectivity index (χ1) is 14.0. The van der Waals surface area contributed by atoms with E-state index in [1.165, 1.54) is 0 Å². The molecule has 0 unspecified atom stereocenters. The molecule has 0 spiro atoms. The number of H-pyrrole nitrogens is 1. The Kier molecular flexibility index (Phi) is 4.39. The molecule has 0 radical (unpaired) electrons. The largest absolute Gasteiger partial charge is 0.339 e. The van der Waals surface area contributed by atoms with Crippen molar-refractivity contribution in [2.45, 2.75) is 50.5 Å². The lowest BCUT2D eigenvalue weighted by Gasteiger charge is -2.41. The number of carbonyl (C=O) groups excluding carboxylic acids is 1. The van der Waals surface area contributed by atoms with E-state index in [-0.39, 0.29) is 5.91 Å². The Morgan fingerprint density at radius 1 is 1.28 bits per heavy atom. The van der Waals surface area contributed by atoms with Gasteiger partial charge in [0.25, 0.3) is 5.91 Å². The molecule has 6 nitrogen and oxygen atoms in total. The van der Waals surface area contributed by atoms with Gasteiger partial charge in [-0.2, -0.15) is 5.10 Å². The zero-order valence-electron chi connectivity index (χ0n) is 16.2. The second-order valence-electron chi connectivity index (χ2n) is 8.10. The highest BCUT2D eigenvalue weighted by atomic mass is 35.5. The van der Waals surface area contributed by atoms with E-state index < -0.39 is 5.54 Å². The Morgan fingerprint density at radius 3 is 2.72 bits per heavy atom. The predicted octanol–water partition coefficient (Wildman–Crippen LogP) is 4.52. The minimum atomic E-state index is -0.422. The lowest BCUT2D eigenvalue weighted by Crippen LogP contribution is -2.51. The van der Waals surface area contributed by atoms with Crippen LogP contribution in [-0.4, -0.2) is 26.1 Å². The van der Waals surface area contributed by atoms with Crippen molar-refractivity contribution in [3.05, 3.63) is 64.3 Å². The third-order valence-corrected chi connectivity index (χ3v) is 6.09. The number of hydrogen-bond donors (Lipinski definition) is 2. The van der Waals surface area contributed by atoms with Gasteiger partial charge in [-0.25, -0.2) is 4.98 Å². The number of hydrogen-bond acceptors (Lipinski definition) is 4. The maximum Gasteiger partial charge on any atom is 0.272 e. The third kappa shape index (κ3) is 3.42. The van der Waals surface area contributed by atoms with Gasteiger partial charge in [-0.3, -0.25) is 14.9 Å². The summed E-state index contributed by atoms with van der Waals surface area (Å²) in [5, 5.41) is 11.2. The van der Waals surface area contributed by atoms with E-state index in [4.69, 9.17) is 16.6 Å². The van der Waals surface area contributed by atoms with Gasteiger partial charge in [-0.05, 0) is 57.2 Å². The quantitative estimate of drug-likeness (QED) is 0.651. The average molecular weight is 408 g/mol. The highest BCUT2D eigenvalue weighted by Gasteiger charge is 2.42. The van der Waals surface area contributed by atoms with Gasteiger partial charge in [0.05, 0.1) is 28.8 Å². The standard InChI is InChI=1S/C22H22ClN5O/c1-13-10-18(28-27-13)22(8-3-9-22)26-21(29)17-12-24-19(14-6-7-14)20(25-17)15-4-2-5-16(23)11-15/h2,4-5,10-12,14H,3,6-9H2,1H3,(H,26,29)(H,27,28). The summed E-state index contributed by atoms with van der Waals surface area (Å²) in [5.74, 6) is 0.196. The number of benzene rings is 1. The van der Waals surface area contributed by atoms with Crippen LogP contribution in [0.15, 0.2) is 36.5 Å². The number of aromatic amines is 1. The van der Waals surface area contributed by atoms with Crippen molar-refractivity contribution in [1.29, 1.82) is 0 Å². The van der Waals surface area contributed by atoms with Crippen molar-refractivity contribution in [3.63, 3.8) is 0 Å². The van der Waals surface area contributed by atoms with Crippen molar-refractivity contribution < 1.29 is 4.79 Å². The van der Waals surface area contributed by atoms with Crippen LogP contribution in [0.25, 0.3) is 11.3 Å². The van der Waals surface area contributed by atoms with E-state index in [0.29, 0.717) is 16.6 Å². The van der Waals surface area contributed by atoms with E-state index >= 15 is 0 Å². The normalized spacial score (nSPS) is 17.6. The first-order valence-corrected chi connectivity index (χ1v) is 10.4. The maximum atomic E-state index is 13.1. The van der Waals surface area contributed by atoms with Crippen LogP contribution in [0.4, 0.5) is 0 Å². The van der Waals surface area contributed by atoms with Gasteiger partial charge < -0.3 is 5.32 Å². The molecule has 3 aromatic rings. The molecule has 148 valence electrons. The second-order valence-corrected chi connectivity index (χ2v) is 8.54. The molecule has 29 heavy (non-hydrogen) atoms. The van der Waals surface area contributed by atoms with Gasteiger partial charge in [0, 0.05) is 22.2 Å². The fourth-order valence-electron chi connectivity index (χ4n) is 3.93. The second kappa shape index (κ2) is 6.95. The van der Waals surface area contributed by atoms with Gasteiger partial charge in [-0.1, -0.05) is 23.7 Å². The third-order valence-electron chi connectivity index (χ3n) is 5.85. The highest BCUT2D eigenvalue weighted by molar-refractivity contribution is 6.30. The molecule has 0 saturated heterocycles. The molecule has 7 heteroatoms. The number of nitrogens with zero attached hydrogens (tertiary/aromatic N) is 3. The summed E-state index contributed by atoms with van der Waals surface area (Å²) in [6.45, 7) is 1.96. The molecule has 2 aromatic heterocycles. The van der Waals surface area contributed by atoms with Crippen molar-refractivity contribution >= 4 is 17.5 Å². The average Bonchev–Trinajstić information content (AvgIpc) is 3.44. The van der Waals surface area contributed by atoms with Crippen molar-refractivity contribution in [2.75, 3.05) is 0 Å². The number of carbonyl (C=O) groups is 1. The SMILES string of the molecule is Cc1cc(C2(NC(=O)c3cnc(C4CC4)c(-c4cccc(Cl)c4)n3)CCC2)n[nH]1. The van der Waals surface area contributed by atoms with E-state index in [1.807, 2.05) is 37.3 Å². The van der Waals surface area contributed by atoms with E-state index in [9.17, 15) is 4.79 Å². The molecule has 2 saturated carbocycles. The smallest absolute Gasteiger partial charge is 0.272 e. The molecule has 2 fully saturated rings. The van der Waals surface area contributed by atoms with Crippen molar-refractivity contribution in [2.24, 2.45) is 0 Å². The molecule has 1 aromatic carbocycles. The fraction of sp³-hybridized carbons (Fsp3) is 0.364. The van der Waals surface area contributed by atoms with Crippen LogP contribution in [0.3, 0.4) is 0 Å². The van der Waals surface area contributed by atoms with Crippen molar-refractivity contribution in [1.82, 2.24) is 25.5 Å². The van der Waals surface area contributed by atoms with Gasteiger partial charge >= 0.3 is 0 Å². The van der Waals surface area contributed by atoms with Gasteiger partial charge in [0.2, 0.25) is 0 Å². The van der Waals surface area contributed by atoms with E-state index in [2.05, 4.69) is 20.5 Å². The molecule has 2 aliphatic rings. The van der Waals surface area contributed by atoms with Crippen LogP contribution in [0.2, 0.25) is 5.02 Å². The summed E-state index contributed by atoms with van der Waals surface area (Å²) < 4.78 is 0. The minimum absolute atomic E-state index is 0.219. The molecule has 2 heterocycles. The maximum absolute atomic E-state index is 13.1. The summed E-state index contributed by atoms with van der Waals surface area (Å²) in [7, 11) is 0. The van der Waals surface area contributed by atoms with Crippen molar-refractivity contribution in [3.8, 4) is 11.3 Å². The number of rotatable bonds is 5. The van der Waals surface area contributed by atoms with Crippen LogP contribution in [0.1, 0.15) is 65.6 Å². The molecular weight excluding hydrogens is 386 g/mol. The molecule has 2 aliphatic carbocycles. The summed E-state index contributed by atoms with van der Waals surface area (Å²) in [6.07, 6.45) is 6.62. The molecule has 5 rings (SSSR count). The molecule has 0 aliphatic heterocycles. The van der Waals surface area contributed by atoms with Crippen LogP contribution in [0, 0.1) is 6.92 Å². The number of nitrogens with one attached hydrogen (secondary N) is 2. The van der Waals surface area contributed by atoms with E-state index in [0.717, 1.165) is 60.4 Å². The highest BCUT2D eigenvalue weighted by Crippen LogP contribution is 2.43. The molecule has 1 amide bonds. The lowest BCUT2D eigenvalue weighted by atomic mass is 9.74. The monoisotopic (exact) mass is 407 g/mol. The number of halogens is 1. The molecule has 0 bridgehead atoms. The Labute approximate surface area is 174 Å². The Hall–Kier alpha value is -2.73. The number of aromatic nitrogens is 4. The van der Waals surface area contributed by atoms with E-state index in [1.54, 1.807) is 6.20 Å². The zero-order valence-corrected chi connectivity index (χ0v) is 17.0. The van der Waals surface area contributed by atoms with Crippen LogP contribution in [0.5, 0.6) is 0 Å². The van der Waals surface area contributed by atoms with Gasteiger partial charge in [0.1, 0.15) is 5.69 Å². The lowest BCUT2D eigenvalue weighted by molar-refractivity contribution is 0.0811. The minimum Gasteiger partial charge on any atom is -0.339 e. The van der Waals surface area contributed by atoms with Crippen LogP contribution in [-0.2, 0) is 5.54 Å². The summed E-state index contributed by atoms with van der Waals surface area (Å²) in [4.78, 5) is 22.5. The summed E-state index contributed by atoms with van der Waals surface area (Å²) in [6, 6.07) is 9.56. The Balaban J connectivity index is 1.48. The Morgan fingerprint density at radius 2 is 2.10 bits per heavy atom. The van der Waals surface area contributed by atoms with Crippen LogP contribution < -0.4 is 5.32 Å². The Bertz CT molecular complexity index is 1080. The van der Waals surface area contributed by atoms with Gasteiger partial charge in [-0.15, -0.1) is 0 Å². The number of amides is 1. The molecule has 2 N–H and O–H groups in total. The summed E-state index contributed by atoms with van der Waals surface area (Å²) >= 11 is 6.19. The summed E-state index contributed by atoms with van der Waals surface area (Å²) in [5.41, 5.74) is 4.36. The molecular formula is C22H22ClN5O. The zero-order chi connectivity index (χ0) is 20.0. The van der Waals surface area contributed by atoms with Crippen LogP contribution >= 0.6 is 11.6 Å². The topological polar surface area (TPSA) is 83.6 Å². The fourth-order valence-corrected chi connectivity index (χ4v) is 4.12. The molecule has 0 atom stereocenters. The first kappa shape index (κ1) is 18.3. The first-order valence-electron chi connectivity index (χ1n) is 10.0. The number of aryl methyl sites for hydroxylation is 1. The van der Waals surface area contributed by atoms with Gasteiger partial charge in [0.15, 0.2) is 0 Å².